The van der Waals surface area contributed by atoms with Gasteiger partial charge < -0.3 is 4.74 Å². The van der Waals surface area contributed by atoms with Gasteiger partial charge in [0.05, 0.1) is 5.52 Å². The molecule has 0 unspecified atom stereocenters. The Bertz CT molecular complexity index is 920. The van der Waals surface area contributed by atoms with E-state index >= 15 is 0 Å². The van der Waals surface area contributed by atoms with Crippen molar-refractivity contribution in [2.24, 2.45) is 0 Å². The van der Waals surface area contributed by atoms with Gasteiger partial charge in [-0.25, -0.2) is 4.98 Å². The Morgan fingerprint density at radius 1 is 1.08 bits per heavy atom. The van der Waals surface area contributed by atoms with Crippen LogP contribution in [0.5, 0.6) is 5.88 Å². The minimum atomic E-state index is 0.176. The van der Waals surface area contributed by atoms with Crippen LogP contribution in [0.15, 0.2) is 48.5 Å². The van der Waals surface area contributed by atoms with Gasteiger partial charge in [-0.1, -0.05) is 49.4 Å². The van der Waals surface area contributed by atoms with E-state index in [2.05, 4.69) is 74.2 Å². The summed E-state index contributed by atoms with van der Waals surface area (Å²) in [6.45, 7) is 9.20. The second-order valence-corrected chi connectivity index (χ2v) is 7.35. The molecule has 0 spiro atoms. The first kappa shape index (κ1) is 17.0. The zero-order chi connectivity index (χ0) is 18.1. The number of benzene rings is 2. The monoisotopic (exact) mass is 346 g/mol. The number of pyridine rings is 1. The maximum Gasteiger partial charge on any atom is 0.218 e. The molecule has 0 aliphatic carbocycles. The lowest BCUT2D eigenvalue weighted by Crippen LogP contribution is -2.32. The highest BCUT2D eigenvalue weighted by atomic mass is 16.5. The van der Waals surface area contributed by atoms with Crippen molar-refractivity contribution in [1.29, 1.82) is 0 Å². The van der Waals surface area contributed by atoms with Gasteiger partial charge >= 0.3 is 0 Å². The average molecular weight is 346 g/mol. The van der Waals surface area contributed by atoms with Crippen LogP contribution in [-0.2, 0) is 13.1 Å². The average Bonchev–Trinajstić information content (AvgIpc) is 2.82. The molecule has 1 atom stereocenters. The van der Waals surface area contributed by atoms with Crippen molar-refractivity contribution in [3.63, 3.8) is 0 Å². The molecule has 3 nitrogen and oxygen atoms in total. The summed E-state index contributed by atoms with van der Waals surface area (Å²) < 4.78 is 6.32. The highest BCUT2D eigenvalue weighted by Crippen LogP contribution is 2.31. The molecule has 134 valence electrons. The van der Waals surface area contributed by atoms with E-state index in [1.165, 1.54) is 27.6 Å². The Morgan fingerprint density at radius 3 is 2.62 bits per heavy atom. The Labute approximate surface area is 155 Å². The van der Waals surface area contributed by atoms with Crippen LogP contribution in [-0.4, -0.2) is 22.5 Å². The summed E-state index contributed by atoms with van der Waals surface area (Å²) in [7, 11) is 0. The second kappa shape index (κ2) is 7.08. The first-order valence-electron chi connectivity index (χ1n) is 9.47. The highest BCUT2D eigenvalue weighted by molar-refractivity contribution is 5.86. The number of rotatable bonds is 3. The Balaban J connectivity index is 1.74. The summed E-state index contributed by atoms with van der Waals surface area (Å²) >= 11 is 0. The quantitative estimate of drug-likeness (QED) is 0.665. The lowest BCUT2D eigenvalue weighted by atomic mass is 10.0. The standard InChI is InChI=1S/C23H26N2O/c1-4-20-15-25(13-18-8-6-5-7-9-18)14-19-12-21-16(2)10-11-17(3)22(21)24-23(19)26-20/h5-12,20H,4,13-15H2,1-3H3/t20-/m1/s1. The van der Waals surface area contributed by atoms with E-state index in [0.29, 0.717) is 0 Å². The van der Waals surface area contributed by atoms with E-state index in [1.807, 2.05) is 0 Å². The summed E-state index contributed by atoms with van der Waals surface area (Å²) in [5, 5.41) is 1.24. The fourth-order valence-corrected chi connectivity index (χ4v) is 3.74. The molecule has 3 heteroatoms. The number of hydrogen-bond donors (Lipinski definition) is 0. The van der Waals surface area contributed by atoms with Gasteiger partial charge in [0.1, 0.15) is 6.10 Å². The molecular formula is C23H26N2O. The van der Waals surface area contributed by atoms with Crippen LogP contribution in [0.2, 0.25) is 0 Å². The molecule has 26 heavy (non-hydrogen) atoms. The predicted octanol–water partition coefficient (Wildman–Crippen LogP) is 5.02. The molecule has 2 aromatic carbocycles. The second-order valence-electron chi connectivity index (χ2n) is 7.35. The number of aryl methyl sites for hydroxylation is 2. The summed E-state index contributed by atoms with van der Waals surface area (Å²) in [5.41, 5.74) is 6.07. The van der Waals surface area contributed by atoms with Gasteiger partial charge in [-0.2, -0.15) is 0 Å². The maximum absolute atomic E-state index is 6.32. The van der Waals surface area contributed by atoms with E-state index in [9.17, 15) is 0 Å². The molecule has 0 amide bonds. The van der Waals surface area contributed by atoms with E-state index in [0.717, 1.165) is 37.5 Å². The molecule has 0 fully saturated rings. The largest absolute Gasteiger partial charge is 0.473 e. The van der Waals surface area contributed by atoms with Crippen molar-refractivity contribution < 1.29 is 4.74 Å². The molecule has 4 rings (SSSR count). The molecule has 1 aliphatic rings. The lowest BCUT2D eigenvalue weighted by molar-refractivity contribution is 0.136. The number of hydrogen-bond acceptors (Lipinski definition) is 3. The number of ether oxygens (including phenoxy) is 1. The van der Waals surface area contributed by atoms with Crippen molar-refractivity contribution in [2.45, 2.75) is 46.4 Å². The van der Waals surface area contributed by atoms with Crippen LogP contribution in [0, 0.1) is 13.8 Å². The summed E-state index contributed by atoms with van der Waals surface area (Å²) in [6.07, 6.45) is 1.16. The third kappa shape index (κ3) is 3.32. The van der Waals surface area contributed by atoms with Gasteiger partial charge in [-0.3, -0.25) is 4.90 Å². The molecule has 0 N–H and O–H groups in total. The zero-order valence-corrected chi connectivity index (χ0v) is 15.8. The molecule has 1 aliphatic heterocycles. The van der Waals surface area contributed by atoms with Crippen LogP contribution in [0.3, 0.4) is 0 Å². The van der Waals surface area contributed by atoms with Crippen molar-refractivity contribution in [3.8, 4) is 5.88 Å². The van der Waals surface area contributed by atoms with E-state index in [4.69, 9.17) is 9.72 Å². The summed E-state index contributed by atoms with van der Waals surface area (Å²) in [4.78, 5) is 7.41. The molecule has 0 radical (unpaired) electrons. The summed E-state index contributed by atoms with van der Waals surface area (Å²) in [6, 6.07) is 17.3. The van der Waals surface area contributed by atoms with Gasteiger partial charge in [0.15, 0.2) is 0 Å². The smallest absolute Gasteiger partial charge is 0.218 e. The fourth-order valence-electron chi connectivity index (χ4n) is 3.74. The third-order valence-corrected chi connectivity index (χ3v) is 5.28. The van der Waals surface area contributed by atoms with Crippen molar-refractivity contribution in [3.05, 3.63) is 70.8 Å². The van der Waals surface area contributed by atoms with Gasteiger partial charge in [-0.15, -0.1) is 0 Å². The van der Waals surface area contributed by atoms with Crippen molar-refractivity contribution >= 4 is 10.9 Å². The highest BCUT2D eigenvalue weighted by Gasteiger charge is 2.24. The van der Waals surface area contributed by atoms with Gasteiger partial charge in [-0.05, 0) is 43.0 Å². The Morgan fingerprint density at radius 2 is 1.85 bits per heavy atom. The van der Waals surface area contributed by atoms with Crippen LogP contribution in [0.4, 0.5) is 0 Å². The maximum atomic E-state index is 6.32. The van der Waals surface area contributed by atoms with Crippen molar-refractivity contribution in [1.82, 2.24) is 9.88 Å². The van der Waals surface area contributed by atoms with Crippen LogP contribution in [0.1, 0.15) is 35.6 Å². The van der Waals surface area contributed by atoms with Crippen molar-refractivity contribution in [2.75, 3.05) is 6.54 Å². The predicted molar refractivity (Wildman–Crippen MR) is 106 cm³/mol. The molecule has 0 saturated carbocycles. The van der Waals surface area contributed by atoms with E-state index in [1.54, 1.807) is 0 Å². The molecule has 0 saturated heterocycles. The fraction of sp³-hybridized carbons (Fsp3) is 0.348. The minimum absolute atomic E-state index is 0.176. The Hall–Kier alpha value is -2.39. The molecule has 0 bridgehead atoms. The molecular weight excluding hydrogens is 320 g/mol. The molecule has 1 aromatic heterocycles. The van der Waals surface area contributed by atoms with Gasteiger partial charge in [0.2, 0.25) is 5.88 Å². The van der Waals surface area contributed by atoms with Gasteiger partial charge in [0, 0.05) is 30.6 Å². The molecule has 3 aromatic rings. The number of nitrogens with zero attached hydrogens (tertiary/aromatic N) is 2. The topological polar surface area (TPSA) is 25.4 Å². The number of aromatic nitrogens is 1. The van der Waals surface area contributed by atoms with E-state index < -0.39 is 0 Å². The van der Waals surface area contributed by atoms with Crippen LogP contribution >= 0.6 is 0 Å². The normalized spacial score (nSPS) is 17.6. The van der Waals surface area contributed by atoms with Gasteiger partial charge in [0.25, 0.3) is 0 Å². The third-order valence-electron chi connectivity index (χ3n) is 5.28. The van der Waals surface area contributed by atoms with E-state index in [-0.39, 0.29) is 6.10 Å². The molecule has 2 heterocycles. The zero-order valence-electron chi connectivity index (χ0n) is 15.8. The first-order valence-corrected chi connectivity index (χ1v) is 9.47. The lowest BCUT2D eigenvalue weighted by Gasteiger charge is -2.23. The van der Waals surface area contributed by atoms with Crippen LogP contribution < -0.4 is 4.74 Å². The minimum Gasteiger partial charge on any atom is -0.473 e. The summed E-state index contributed by atoms with van der Waals surface area (Å²) in [5.74, 6) is 0.814. The van der Waals surface area contributed by atoms with Crippen LogP contribution in [0.25, 0.3) is 10.9 Å². The Kier molecular flexibility index (Phi) is 4.64. The number of fused-ring (bicyclic) bond motifs is 2. The first-order chi connectivity index (χ1) is 12.6. The SMILES string of the molecule is CC[C@@H]1CN(Cc2ccccc2)Cc2cc3c(C)ccc(C)c3nc2O1.